The average Bonchev–Trinajstić information content (AvgIpc) is 2.76. The normalized spacial score (nSPS) is 36.5. The van der Waals surface area contributed by atoms with Gasteiger partial charge in [0.25, 0.3) is 0 Å². The molecule has 0 unspecified atom stereocenters. The van der Waals surface area contributed by atoms with E-state index in [4.69, 9.17) is 0 Å². The van der Waals surface area contributed by atoms with Crippen LogP contribution in [0.25, 0.3) is 0 Å². The third-order valence-electron chi connectivity index (χ3n) is 3.92. The second-order valence-corrected chi connectivity index (χ2v) is 4.48. The van der Waals surface area contributed by atoms with Crippen LogP contribution in [-0.4, -0.2) is 34.2 Å². The largest absolute Gasteiger partial charge is 0.300 e. The Hall–Kier alpha value is -0.960. The Morgan fingerprint density at radius 3 is 2.86 bits per heavy atom. The van der Waals surface area contributed by atoms with Crippen molar-refractivity contribution in [1.29, 1.82) is 0 Å². The van der Waals surface area contributed by atoms with E-state index < -0.39 is 0 Å². The summed E-state index contributed by atoms with van der Waals surface area (Å²) in [4.78, 5) is 2.55. The first-order valence-corrected chi connectivity index (χ1v) is 5.35. The van der Waals surface area contributed by atoms with Gasteiger partial charge in [-0.3, -0.25) is 4.90 Å². The smallest absolute Gasteiger partial charge is 0.0531 e. The van der Waals surface area contributed by atoms with Crippen LogP contribution in [0.1, 0.15) is 30.7 Å². The molecule has 3 atom stereocenters. The van der Waals surface area contributed by atoms with Gasteiger partial charge in [-0.15, -0.1) is 0 Å². The van der Waals surface area contributed by atoms with Gasteiger partial charge in [-0.2, -0.15) is 10.2 Å². The van der Waals surface area contributed by atoms with Gasteiger partial charge in [0, 0.05) is 24.2 Å². The van der Waals surface area contributed by atoms with Crippen molar-refractivity contribution < 1.29 is 0 Å². The van der Waals surface area contributed by atoms with Gasteiger partial charge in [0.2, 0.25) is 0 Å². The Morgan fingerprint density at radius 1 is 1.36 bits per heavy atom. The first-order valence-electron chi connectivity index (χ1n) is 5.35. The summed E-state index contributed by atoms with van der Waals surface area (Å²) in [5, 5.41) is 7.80. The summed E-state index contributed by atoms with van der Waals surface area (Å²) >= 11 is 0. The monoisotopic (exact) mass is 189 g/mol. The molecule has 2 fully saturated rings. The van der Waals surface area contributed by atoms with Crippen molar-refractivity contribution >= 4 is 0 Å². The second kappa shape index (κ2) is 3.02. The van der Waals surface area contributed by atoms with E-state index >= 15 is 0 Å². The van der Waals surface area contributed by atoms with Crippen molar-refractivity contribution in [3.8, 4) is 0 Å². The molecular formula is C11H15N3. The first kappa shape index (κ1) is 8.36. The maximum absolute atomic E-state index is 3.97. The number of aromatic nitrogens is 2. The number of hydrogen-bond acceptors (Lipinski definition) is 3. The topological polar surface area (TPSA) is 29.0 Å². The number of hydrogen-bond donors (Lipinski definition) is 0. The second-order valence-electron chi connectivity index (χ2n) is 4.48. The van der Waals surface area contributed by atoms with Gasteiger partial charge >= 0.3 is 0 Å². The minimum Gasteiger partial charge on any atom is -0.300 e. The third-order valence-corrected chi connectivity index (χ3v) is 3.92. The highest BCUT2D eigenvalue weighted by atomic mass is 15.2. The van der Waals surface area contributed by atoms with Crippen LogP contribution in [0.4, 0.5) is 0 Å². The predicted molar refractivity (Wildman–Crippen MR) is 54.0 cm³/mol. The van der Waals surface area contributed by atoms with Gasteiger partial charge in [-0.1, -0.05) is 0 Å². The van der Waals surface area contributed by atoms with Crippen molar-refractivity contribution in [2.24, 2.45) is 0 Å². The van der Waals surface area contributed by atoms with E-state index in [9.17, 15) is 0 Å². The molecular weight excluding hydrogens is 174 g/mol. The summed E-state index contributed by atoms with van der Waals surface area (Å²) in [6.07, 6.45) is 7.79. The summed E-state index contributed by atoms with van der Waals surface area (Å²) < 4.78 is 0. The van der Waals surface area contributed by atoms with Crippen molar-refractivity contribution in [2.45, 2.75) is 37.3 Å². The lowest BCUT2D eigenvalue weighted by Gasteiger charge is -2.21. The molecule has 0 radical (unpaired) electrons. The summed E-state index contributed by atoms with van der Waals surface area (Å²) in [6, 6.07) is 3.69. The lowest BCUT2D eigenvalue weighted by molar-refractivity contribution is 0.307. The Morgan fingerprint density at radius 2 is 2.29 bits per heavy atom. The van der Waals surface area contributed by atoms with Crippen LogP contribution in [0.3, 0.4) is 0 Å². The molecule has 0 aromatic carbocycles. The molecule has 1 aromatic heterocycles. The van der Waals surface area contributed by atoms with Crippen LogP contribution in [0.15, 0.2) is 18.5 Å². The molecule has 3 heterocycles. The van der Waals surface area contributed by atoms with Gasteiger partial charge in [0.05, 0.1) is 6.20 Å². The summed E-state index contributed by atoms with van der Waals surface area (Å²) in [6.45, 7) is 0. The molecule has 1 aromatic rings. The summed E-state index contributed by atoms with van der Waals surface area (Å²) in [7, 11) is 2.26. The van der Waals surface area contributed by atoms with Crippen molar-refractivity contribution in [3.63, 3.8) is 0 Å². The number of nitrogens with zero attached hydrogens (tertiary/aromatic N) is 3. The molecule has 14 heavy (non-hydrogen) atoms. The van der Waals surface area contributed by atoms with Crippen LogP contribution in [0, 0.1) is 0 Å². The fraction of sp³-hybridized carbons (Fsp3) is 0.636. The van der Waals surface area contributed by atoms with E-state index in [-0.39, 0.29) is 0 Å². The highest BCUT2D eigenvalue weighted by molar-refractivity contribution is 5.20. The molecule has 2 aliphatic heterocycles. The fourth-order valence-electron chi connectivity index (χ4n) is 3.14. The van der Waals surface area contributed by atoms with E-state index in [1.165, 1.54) is 24.8 Å². The third kappa shape index (κ3) is 1.08. The Labute approximate surface area is 84.1 Å². The maximum atomic E-state index is 3.97. The van der Waals surface area contributed by atoms with E-state index in [1.54, 1.807) is 6.20 Å². The molecule has 0 aliphatic carbocycles. The molecule has 0 amide bonds. The van der Waals surface area contributed by atoms with Crippen LogP contribution in [0.5, 0.6) is 0 Å². The Balaban J connectivity index is 1.89. The van der Waals surface area contributed by atoms with Crippen molar-refractivity contribution in [1.82, 2.24) is 15.1 Å². The Bertz CT molecular complexity index is 325. The van der Waals surface area contributed by atoms with E-state index in [2.05, 4.69) is 28.2 Å². The standard InChI is InChI=1S/C11H15N3/c1-14-9-2-3-11(14)10(6-9)8-4-5-12-13-7-8/h4-5,7,9-11H,2-3,6H2,1H3/t9-,10-,11+/m1/s1. The molecule has 0 N–H and O–H groups in total. The molecule has 2 saturated heterocycles. The minimum absolute atomic E-state index is 0.703. The summed E-state index contributed by atoms with van der Waals surface area (Å²) in [5.41, 5.74) is 1.37. The first-order chi connectivity index (χ1) is 6.86. The highest BCUT2D eigenvalue weighted by Gasteiger charge is 2.44. The zero-order chi connectivity index (χ0) is 9.54. The highest BCUT2D eigenvalue weighted by Crippen LogP contribution is 2.45. The van der Waals surface area contributed by atoms with Gasteiger partial charge in [-0.05, 0) is 37.9 Å². The number of rotatable bonds is 1. The van der Waals surface area contributed by atoms with Crippen molar-refractivity contribution in [3.05, 3.63) is 24.0 Å². The molecule has 0 spiro atoms. The van der Waals surface area contributed by atoms with E-state index in [0.717, 1.165) is 12.1 Å². The van der Waals surface area contributed by atoms with E-state index in [1.807, 2.05) is 6.20 Å². The van der Waals surface area contributed by atoms with Crippen LogP contribution in [0.2, 0.25) is 0 Å². The van der Waals surface area contributed by atoms with Crippen LogP contribution < -0.4 is 0 Å². The molecule has 2 bridgehead atoms. The average molecular weight is 189 g/mol. The van der Waals surface area contributed by atoms with Crippen LogP contribution in [-0.2, 0) is 0 Å². The molecule has 3 rings (SSSR count). The number of likely N-dealkylation sites (N-methyl/N-ethyl adjacent to an activating group) is 1. The van der Waals surface area contributed by atoms with Crippen LogP contribution >= 0.6 is 0 Å². The number of fused-ring (bicyclic) bond motifs is 2. The lowest BCUT2D eigenvalue weighted by atomic mass is 9.85. The van der Waals surface area contributed by atoms with Gasteiger partial charge < -0.3 is 0 Å². The summed E-state index contributed by atoms with van der Waals surface area (Å²) in [5.74, 6) is 0.703. The molecule has 74 valence electrons. The quantitative estimate of drug-likeness (QED) is 0.669. The van der Waals surface area contributed by atoms with Gasteiger partial charge in [0.15, 0.2) is 0 Å². The van der Waals surface area contributed by atoms with Crippen molar-refractivity contribution in [2.75, 3.05) is 7.05 Å². The molecule has 3 nitrogen and oxygen atoms in total. The molecule has 3 heteroatoms. The molecule has 2 aliphatic rings. The zero-order valence-corrected chi connectivity index (χ0v) is 8.43. The lowest BCUT2D eigenvalue weighted by Crippen LogP contribution is -2.25. The molecule has 0 saturated carbocycles. The van der Waals surface area contributed by atoms with Gasteiger partial charge in [-0.25, -0.2) is 0 Å². The van der Waals surface area contributed by atoms with E-state index in [0.29, 0.717) is 5.92 Å². The predicted octanol–water partition coefficient (Wildman–Crippen LogP) is 1.43. The maximum Gasteiger partial charge on any atom is 0.0531 e. The fourth-order valence-corrected chi connectivity index (χ4v) is 3.14. The SMILES string of the molecule is CN1[C@@H]2CC[C@H]1[C@@H](c1ccnnc1)C2. The zero-order valence-electron chi connectivity index (χ0n) is 8.43. The Kier molecular flexibility index (Phi) is 1.80. The van der Waals surface area contributed by atoms with Gasteiger partial charge in [0.1, 0.15) is 0 Å². The minimum atomic E-state index is 0.703.